The average molecular weight is 477 g/mol. The van der Waals surface area contributed by atoms with Gasteiger partial charge in [0.05, 0.1) is 10.7 Å². The molecule has 162 valence electrons. The fraction of sp³-hybridized carbons (Fsp3) is 0.286. The molecule has 2 aromatic heterocycles. The van der Waals surface area contributed by atoms with Crippen molar-refractivity contribution in [1.82, 2.24) is 14.3 Å². The lowest BCUT2D eigenvalue weighted by molar-refractivity contribution is 0.102. The molecule has 4 rings (SSSR count). The van der Waals surface area contributed by atoms with Gasteiger partial charge in [0.2, 0.25) is 10.0 Å². The van der Waals surface area contributed by atoms with Crippen LogP contribution in [0.1, 0.15) is 30.1 Å². The van der Waals surface area contributed by atoms with Crippen LogP contribution in [0.15, 0.2) is 53.0 Å². The summed E-state index contributed by atoms with van der Waals surface area (Å²) in [6.07, 6.45) is 5.15. The monoisotopic (exact) mass is 476 g/mol. The van der Waals surface area contributed by atoms with Gasteiger partial charge in [-0.15, -0.1) is 11.3 Å². The molecule has 1 aliphatic rings. The number of rotatable bonds is 5. The number of anilines is 1. The van der Waals surface area contributed by atoms with E-state index >= 15 is 0 Å². The second kappa shape index (κ2) is 9.04. The molecule has 31 heavy (non-hydrogen) atoms. The maximum absolute atomic E-state index is 13.1. The molecular weight excluding hydrogens is 456 g/mol. The number of hydrogen-bond acceptors (Lipinski definition) is 6. The quantitative estimate of drug-likeness (QED) is 0.584. The van der Waals surface area contributed by atoms with Gasteiger partial charge in [0.25, 0.3) is 5.91 Å². The summed E-state index contributed by atoms with van der Waals surface area (Å²) in [5.74, 6) is -0.163. The Kier molecular flexibility index (Phi) is 6.38. The molecule has 0 saturated carbocycles. The number of halogens is 1. The number of hydrogen-bond donors (Lipinski definition) is 1. The van der Waals surface area contributed by atoms with Gasteiger partial charge in [0, 0.05) is 42.0 Å². The van der Waals surface area contributed by atoms with Crippen molar-refractivity contribution < 1.29 is 13.2 Å². The maximum atomic E-state index is 13.1. The Hall–Kier alpha value is -2.33. The van der Waals surface area contributed by atoms with Crippen LogP contribution in [-0.2, 0) is 10.0 Å². The van der Waals surface area contributed by atoms with E-state index in [1.165, 1.54) is 33.8 Å². The van der Waals surface area contributed by atoms with Crippen molar-refractivity contribution in [1.29, 1.82) is 0 Å². The zero-order chi connectivity index (χ0) is 22.0. The number of pyridine rings is 1. The first-order chi connectivity index (χ1) is 14.8. The molecule has 3 heterocycles. The summed E-state index contributed by atoms with van der Waals surface area (Å²) in [6, 6.07) is 7.95. The van der Waals surface area contributed by atoms with Crippen molar-refractivity contribution in [3.8, 4) is 11.3 Å². The molecule has 0 aliphatic carbocycles. The van der Waals surface area contributed by atoms with Crippen LogP contribution >= 0.6 is 22.9 Å². The molecule has 7 nitrogen and oxygen atoms in total. The minimum atomic E-state index is -3.78. The number of nitrogens with zero attached hydrogens (tertiary/aromatic N) is 3. The van der Waals surface area contributed by atoms with Gasteiger partial charge in [-0.25, -0.2) is 13.4 Å². The summed E-state index contributed by atoms with van der Waals surface area (Å²) >= 11 is 7.51. The number of thiazole rings is 1. The highest BCUT2D eigenvalue weighted by molar-refractivity contribution is 7.89. The van der Waals surface area contributed by atoms with Crippen LogP contribution in [0, 0.1) is 5.92 Å². The van der Waals surface area contributed by atoms with Crippen LogP contribution in [0.4, 0.5) is 5.13 Å². The van der Waals surface area contributed by atoms with Gasteiger partial charge < -0.3 is 0 Å². The van der Waals surface area contributed by atoms with Crippen LogP contribution in [0.5, 0.6) is 0 Å². The number of aromatic nitrogens is 2. The number of carbonyl (C=O) groups excluding carboxylic acids is 1. The van der Waals surface area contributed by atoms with Crippen molar-refractivity contribution in [3.05, 3.63) is 58.7 Å². The third-order valence-corrected chi connectivity index (χ3v) is 8.24. The van der Waals surface area contributed by atoms with Crippen LogP contribution in [0.2, 0.25) is 5.02 Å². The molecule has 1 saturated heterocycles. The third-order valence-electron chi connectivity index (χ3n) is 5.13. The molecule has 0 spiro atoms. The highest BCUT2D eigenvalue weighted by atomic mass is 35.5. The van der Waals surface area contributed by atoms with Gasteiger partial charge in [-0.1, -0.05) is 18.5 Å². The smallest absolute Gasteiger partial charge is 0.257 e. The van der Waals surface area contributed by atoms with Gasteiger partial charge in [-0.3, -0.25) is 15.1 Å². The molecule has 1 fully saturated rings. The molecule has 0 radical (unpaired) electrons. The van der Waals surface area contributed by atoms with E-state index in [-0.39, 0.29) is 21.4 Å². The largest absolute Gasteiger partial charge is 0.298 e. The van der Waals surface area contributed by atoms with E-state index in [1.54, 1.807) is 12.4 Å². The Bertz CT molecular complexity index is 1200. The van der Waals surface area contributed by atoms with E-state index in [0.717, 1.165) is 24.1 Å². The van der Waals surface area contributed by atoms with Crippen LogP contribution in [0.25, 0.3) is 11.3 Å². The van der Waals surface area contributed by atoms with Crippen molar-refractivity contribution in [2.75, 3.05) is 18.4 Å². The molecule has 1 aromatic carbocycles. The lowest BCUT2D eigenvalue weighted by Crippen LogP contribution is -2.39. The summed E-state index contributed by atoms with van der Waals surface area (Å²) in [5, 5.41) is 5.09. The number of sulfonamides is 1. The predicted octanol–water partition coefficient (Wildman–Crippen LogP) is 4.53. The standard InChI is InChI=1S/C21H21ClN4O3S2/c1-14-3-2-10-26(12-14)31(28,29)19-11-16(4-5-17(19)22)20(27)25-21-24-18(13-30-21)15-6-8-23-9-7-15/h4-9,11,13-14H,2-3,10,12H2,1H3,(H,24,25,27)/t14-/m1/s1. The normalized spacial score (nSPS) is 17.4. The second-order valence-corrected chi connectivity index (χ2v) is 10.7. The molecule has 0 unspecified atom stereocenters. The Morgan fingerprint density at radius 1 is 1.26 bits per heavy atom. The van der Waals surface area contributed by atoms with Crippen molar-refractivity contribution in [2.45, 2.75) is 24.7 Å². The second-order valence-electron chi connectivity index (χ2n) is 7.48. The third kappa shape index (κ3) is 4.79. The number of amides is 1. The Morgan fingerprint density at radius 3 is 2.77 bits per heavy atom. The van der Waals surface area contributed by atoms with Crippen LogP contribution in [-0.4, -0.2) is 41.7 Å². The van der Waals surface area contributed by atoms with Gasteiger partial charge in [0.1, 0.15) is 4.90 Å². The van der Waals surface area contributed by atoms with Gasteiger partial charge in [0.15, 0.2) is 5.13 Å². The number of carbonyl (C=O) groups is 1. The Balaban J connectivity index is 1.55. The summed E-state index contributed by atoms with van der Waals surface area (Å²) in [6.45, 7) is 2.93. The number of benzene rings is 1. The van der Waals surface area contributed by atoms with Crippen LogP contribution < -0.4 is 5.32 Å². The minimum Gasteiger partial charge on any atom is -0.298 e. The van der Waals surface area contributed by atoms with Crippen molar-refractivity contribution in [2.24, 2.45) is 5.92 Å². The fourth-order valence-corrected chi connectivity index (χ4v) is 6.32. The summed E-state index contributed by atoms with van der Waals surface area (Å²) in [7, 11) is -3.78. The zero-order valence-corrected chi connectivity index (χ0v) is 19.2. The lowest BCUT2D eigenvalue weighted by atomic mass is 10.0. The number of piperidine rings is 1. The highest BCUT2D eigenvalue weighted by Crippen LogP contribution is 2.30. The summed E-state index contributed by atoms with van der Waals surface area (Å²) in [5.41, 5.74) is 1.82. The number of nitrogens with one attached hydrogen (secondary N) is 1. The van der Waals surface area contributed by atoms with Crippen LogP contribution in [0.3, 0.4) is 0 Å². The van der Waals surface area contributed by atoms with E-state index in [4.69, 9.17) is 11.6 Å². The van der Waals surface area contributed by atoms with Gasteiger partial charge >= 0.3 is 0 Å². The molecule has 3 aromatic rings. The molecule has 10 heteroatoms. The molecule has 1 aliphatic heterocycles. The summed E-state index contributed by atoms with van der Waals surface area (Å²) < 4.78 is 27.7. The SMILES string of the molecule is C[C@@H]1CCCN(S(=O)(=O)c2cc(C(=O)Nc3nc(-c4ccncc4)cs3)ccc2Cl)C1. The fourth-order valence-electron chi connectivity index (χ4n) is 3.50. The zero-order valence-electron chi connectivity index (χ0n) is 16.8. The molecule has 1 amide bonds. The first-order valence-electron chi connectivity index (χ1n) is 9.81. The Morgan fingerprint density at radius 2 is 2.03 bits per heavy atom. The summed E-state index contributed by atoms with van der Waals surface area (Å²) in [4.78, 5) is 21.1. The topological polar surface area (TPSA) is 92.3 Å². The van der Waals surface area contributed by atoms with Crippen molar-refractivity contribution in [3.63, 3.8) is 0 Å². The van der Waals surface area contributed by atoms with E-state index in [2.05, 4.69) is 15.3 Å². The molecule has 1 atom stereocenters. The van der Waals surface area contributed by atoms with E-state index in [1.807, 2.05) is 24.4 Å². The van der Waals surface area contributed by atoms with E-state index in [0.29, 0.717) is 18.2 Å². The van der Waals surface area contributed by atoms with Crippen molar-refractivity contribution >= 4 is 44.0 Å². The van der Waals surface area contributed by atoms with E-state index in [9.17, 15) is 13.2 Å². The van der Waals surface area contributed by atoms with Gasteiger partial charge in [-0.2, -0.15) is 4.31 Å². The highest BCUT2D eigenvalue weighted by Gasteiger charge is 2.31. The maximum Gasteiger partial charge on any atom is 0.257 e. The predicted molar refractivity (Wildman–Crippen MR) is 122 cm³/mol. The average Bonchev–Trinajstić information content (AvgIpc) is 3.23. The first kappa shape index (κ1) is 21.9. The van der Waals surface area contributed by atoms with E-state index < -0.39 is 15.9 Å². The lowest BCUT2D eigenvalue weighted by Gasteiger charge is -2.30. The molecule has 1 N–H and O–H groups in total. The minimum absolute atomic E-state index is 0.0486. The Labute approximate surface area is 190 Å². The van der Waals surface area contributed by atoms with Gasteiger partial charge in [-0.05, 0) is 49.1 Å². The first-order valence-corrected chi connectivity index (χ1v) is 12.5. The molecular formula is C21H21ClN4O3S2. The molecule has 0 bridgehead atoms.